The van der Waals surface area contributed by atoms with Gasteiger partial charge < -0.3 is 14.8 Å². The van der Waals surface area contributed by atoms with Crippen molar-refractivity contribution in [2.45, 2.75) is 19.4 Å². The lowest BCUT2D eigenvalue weighted by atomic mass is 10.2. The number of hydrogen-bond acceptors (Lipinski definition) is 5. The molecule has 0 atom stereocenters. The number of nitrogens with one attached hydrogen (secondary N) is 1. The molecule has 2 aromatic carbocycles. The van der Waals surface area contributed by atoms with Crippen LogP contribution in [0.1, 0.15) is 10.7 Å². The molecule has 3 rings (SSSR count). The van der Waals surface area contributed by atoms with Gasteiger partial charge in [0.25, 0.3) is 0 Å². The largest absolute Gasteiger partial charge is 0.573 e. The molecule has 0 saturated carbocycles. The minimum atomic E-state index is -4.80. The highest BCUT2D eigenvalue weighted by molar-refractivity contribution is 7.09. The molecule has 29 heavy (non-hydrogen) atoms. The van der Waals surface area contributed by atoms with Crippen molar-refractivity contribution >= 4 is 34.5 Å². The van der Waals surface area contributed by atoms with E-state index in [0.29, 0.717) is 21.5 Å². The van der Waals surface area contributed by atoms with Crippen LogP contribution in [-0.4, -0.2) is 17.3 Å². The van der Waals surface area contributed by atoms with Gasteiger partial charge in [-0.05, 0) is 36.4 Å². The lowest BCUT2D eigenvalue weighted by Crippen LogP contribution is -2.18. The summed E-state index contributed by atoms with van der Waals surface area (Å²) < 4.78 is 46.3. The minimum absolute atomic E-state index is 0.0260. The van der Waals surface area contributed by atoms with E-state index in [4.69, 9.17) is 16.3 Å². The topological polar surface area (TPSA) is 60.5 Å². The van der Waals surface area contributed by atoms with Crippen molar-refractivity contribution in [2.24, 2.45) is 0 Å². The van der Waals surface area contributed by atoms with E-state index in [0.717, 1.165) is 12.1 Å². The zero-order chi connectivity index (χ0) is 20.9. The van der Waals surface area contributed by atoms with Crippen molar-refractivity contribution in [3.05, 3.63) is 69.6 Å². The Labute approximate surface area is 173 Å². The smallest absolute Gasteiger partial charge is 0.486 e. The Morgan fingerprint density at radius 2 is 1.90 bits per heavy atom. The zero-order valence-electron chi connectivity index (χ0n) is 14.7. The van der Waals surface area contributed by atoms with Crippen molar-refractivity contribution in [2.75, 3.05) is 5.32 Å². The van der Waals surface area contributed by atoms with Gasteiger partial charge in [-0.1, -0.05) is 17.7 Å². The van der Waals surface area contributed by atoms with E-state index in [2.05, 4.69) is 15.0 Å². The Balaban J connectivity index is 1.52. The molecule has 0 spiro atoms. The third-order valence-corrected chi connectivity index (χ3v) is 4.59. The summed E-state index contributed by atoms with van der Waals surface area (Å²) in [6, 6.07) is 12.0. The van der Waals surface area contributed by atoms with Gasteiger partial charge in [-0.25, -0.2) is 4.98 Å². The third-order valence-electron chi connectivity index (χ3n) is 3.47. The number of amides is 1. The highest BCUT2D eigenvalue weighted by Gasteiger charge is 2.31. The summed E-state index contributed by atoms with van der Waals surface area (Å²) in [5.41, 5.74) is 0.725. The van der Waals surface area contributed by atoms with E-state index in [9.17, 15) is 18.0 Å². The van der Waals surface area contributed by atoms with Crippen LogP contribution in [0.3, 0.4) is 0 Å². The molecule has 152 valence electrons. The number of anilines is 1. The Morgan fingerprint density at radius 3 is 2.62 bits per heavy atom. The van der Waals surface area contributed by atoms with E-state index >= 15 is 0 Å². The number of alkyl halides is 3. The standard InChI is InChI=1S/C19H14ClF3N2O3S/c20-12-4-6-15(7-5-12)27-10-18-25-14(11-29-18)9-17(26)24-13-2-1-3-16(8-13)28-19(21,22)23/h1-8,11H,9-10H2,(H,24,26). The second-order valence-electron chi connectivity index (χ2n) is 5.78. The third kappa shape index (κ3) is 6.95. The van der Waals surface area contributed by atoms with Crippen LogP contribution in [0, 0.1) is 0 Å². The summed E-state index contributed by atoms with van der Waals surface area (Å²) in [4.78, 5) is 16.5. The number of ether oxygens (including phenoxy) is 2. The molecule has 1 heterocycles. The van der Waals surface area contributed by atoms with Gasteiger partial charge in [0.2, 0.25) is 5.91 Å². The number of rotatable bonds is 7. The zero-order valence-corrected chi connectivity index (χ0v) is 16.3. The van der Waals surface area contributed by atoms with Gasteiger partial charge in [0, 0.05) is 22.2 Å². The van der Waals surface area contributed by atoms with Gasteiger partial charge in [0.05, 0.1) is 12.1 Å². The number of benzene rings is 2. The first-order valence-electron chi connectivity index (χ1n) is 8.24. The monoisotopic (exact) mass is 442 g/mol. The number of aromatic nitrogens is 1. The van der Waals surface area contributed by atoms with Crippen LogP contribution in [-0.2, 0) is 17.8 Å². The number of carbonyl (C=O) groups is 1. The lowest BCUT2D eigenvalue weighted by molar-refractivity contribution is -0.274. The maximum atomic E-state index is 12.3. The van der Waals surface area contributed by atoms with Gasteiger partial charge >= 0.3 is 6.36 Å². The summed E-state index contributed by atoms with van der Waals surface area (Å²) in [6.45, 7) is 0.241. The predicted octanol–water partition coefficient (Wildman–Crippen LogP) is 5.46. The number of nitrogens with zero attached hydrogens (tertiary/aromatic N) is 1. The number of carbonyl (C=O) groups excluding carboxylic acids is 1. The number of halogens is 4. The second kappa shape index (κ2) is 9.15. The molecule has 0 fully saturated rings. The fraction of sp³-hybridized carbons (Fsp3) is 0.158. The summed E-state index contributed by atoms with van der Waals surface area (Å²) in [7, 11) is 0. The number of hydrogen-bond donors (Lipinski definition) is 1. The Bertz CT molecular complexity index is 977. The molecule has 0 unspecified atom stereocenters. The minimum Gasteiger partial charge on any atom is -0.486 e. The van der Waals surface area contributed by atoms with Crippen LogP contribution in [0.25, 0.3) is 0 Å². The molecular formula is C19H14ClF3N2O3S. The van der Waals surface area contributed by atoms with Crippen molar-refractivity contribution in [3.63, 3.8) is 0 Å². The van der Waals surface area contributed by atoms with Gasteiger partial charge in [0.1, 0.15) is 23.1 Å². The molecule has 1 N–H and O–H groups in total. The molecule has 0 bridgehead atoms. The molecule has 1 amide bonds. The molecule has 5 nitrogen and oxygen atoms in total. The van der Waals surface area contributed by atoms with Crippen molar-refractivity contribution < 1.29 is 27.4 Å². The summed E-state index contributed by atoms with van der Waals surface area (Å²) >= 11 is 7.16. The summed E-state index contributed by atoms with van der Waals surface area (Å²) in [6.07, 6.45) is -4.82. The van der Waals surface area contributed by atoms with Gasteiger partial charge in [-0.15, -0.1) is 24.5 Å². The van der Waals surface area contributed by atoms with Gasteiger partial charge in [0.15, 0.2) is 0 Å². The highest BCUT2D eigenvalue weighted by Crippen LogP contribution is 2.25. The van der Waals surface area contributed by atoms with Crippen LogP contribution < -0.4 is 14.8 Å². The molecule has 0 saturated heterocycles. The van der Waals surface area contributed by atoms with Crippen molar-refractivity contribution in [3.8, 4) is 11.5 Å². The molecular weight excluding hydrogens is 429 g/mol. The Kier molecular flexibility index (Phi) is 6.60. The van der Waals surface area contributed by atoms with Gasteiger partial charge in [-0.2, -0.15) is 0 Å². The fourth-order valence-corrected chi connectivity index (χ4v) is 3.14. The predicted molar refractivity (Wildman–Crippen MR) is 103 cm³/mol. The molecule has 0 aliphatic heterocycles. The van der Waals surface area contributed by atoms with Crippen LogP contribution in [0.5, 0.6) is 11.5 Å². The Morgan fingerprint density at radius 1 is 1.14 bits per heavy atom. The molecule has 0 radical (unpaired) electrons. The highest BCUT2D eigenvalue weighted by atomic mass is 35.5. The average molecular weight is 443 g/mol. The SMILES string of the molecule is O=C(Cc1csc(COc2ccc(Cl)cc2)n1)Nc1cccc(OC(F)(F)F)c1. The fourth-order valence-electron chi connectivity index (χ4n) is 2.31. The summed E-state index contributed by atoms with van der Waals surface area (Å²) in [5, 5.41) is 5.54. The quantitative estimate of drug-likeness (QED) is 0.528. The normalized spacial score (nSPS) is 11.2. The molecule has 1 aromatic heterocycles. The van der Waals surface area contributed by atoms with Crippen LogP contribution in [0.2, 0.25) is 5.02 Å². The van der Waals surface area contributed by atoms with E-state index in [1.165, 1.54) is 23.5 Å². The van der Waals surface area contributed by atoms with Crippen molar-refractivity contribution in [1.82, 2.24) is 4.98 Å². The second-order valence-corrected chi connectivity index (χ2v) is 7.15. The van der Waals surface area contributed by atoms with Crippen molar-refractivity contribution in [1.29, 1.82) is 0 Å². The van der Waals surface area contributed by atoms with Crippen LogP contribution in [0.15, 0.2) is 53.9 Å². The molecule has 0 aliphatic rings. The molecule has 0 aliphatic carbocycles. The maximum Gasteiger partial charge on any atom is 0.573 e. The first kappa shape index (κ1) is 20.9. The van der Waals surface area contributed by atoms with E-state index in [1.54, 1.807) is 29.6 Å². The van der Waals surface area contributed by atoms with E-state index in [1.807, 2.05) is 0 Å². The summed E-state index contributed by atoms with van der Waals surface area (Å²) in [5.74, 6) is -0.180. The van der Waals surface area contributed by atoms with Crippen LogP contribution in [0.4, 0.5) is 18.9 Å². The first-order chi connectivity index (χ1) is 13.8. The molecule has 3 aromatic rings. The average Bonchev–Trinajstić information content (AvgIpc) is 3.07. The number of thiazole rings is 1. The Hall–Kier alpha value is -2.78. The lowest BCUT2D eigenvalue weighted by Gasteiger charge is -2.10. The first-order valence-corrected chi connectivity index (χ1v) is 9.50. The molecule has 10 heteroatoms. The van der Waals surface area contributed by atoms with Gasteiger partial charge in [-0.3, -0.25) is 4.79 Å². The van der Waals surface area contributed by atoms with Crippen LogP contribution >= 0.6 is 22.9 Å². The van der Waals surface area contributed by atoms with E-state index < -0.39 is 18.0 Å². The van der Waals surface area contributed by atoms with E-state index in [-0.39, 0.29) is 18.7 Å². The maximum absolute atomic E-state index is 12.3.